The number of nitrogens with zero attached hydrogens (tertiary/aromatic N) is 4. The monoisotopic (exact) mass is 1600 g/mol. The van der Waals surface area contributed by atoms with Crippen LogP contribution in [0.2, 0.25) is 0 Å². The molecule has 0 saturated heterocycles. The predicted molar refractivity (Wildman–Crippen MR) is 525 cm³/mol. The van der Waals surface area contributed by atoms with Gasteiger partial charge in [-0.2, -0.15) is 0 Å². The van der Waals surface area contributed by atoms with E-state index in [1.165, 1.54) is 89.0 Å². The van der Waals surface area contributed by atoms with Crippen molar-refractivity contribution in [3.63, 3.8) is 0 Å². The zero-order chi connectivity index (χ0) is 83.2. The molecule has 20 aromatic carbocycles. The van der Waals surface area contributed by atoms with Gasteiger partial charge in [0, 0.05) is 44.9 Å². The fraction of sp³-hybridized carbons (Fsp3) is 0.0164. The number of para-hydroxylation sites is 8. The number of hydrogen-bond donors (Lipinski definition) is 0. The van der Waals surface area contributed by atoms with E-state index in [9.17, 15) is 0 Å². The highest BCUT2D eigenvalue weighted by Crippen LogP contribution is 2.68. The van der Waals surface area contributed by atoms with E-state index in [2.05, 4.69) is 517 Å². The Kier molecular flexibility index (Phi) is 17.7. The standard InChI is InChI=1S/C122H82N4/c1-5-39-85(40-6-1)93-51-13-15-54-96(93)98-56-20-29-69-111(98)124(117-75-37-66-108-119(117)100-58-17-22-60-102(100)121(108)104-62-24-31-71-113(104)123(90-47-11-4-12-48-90)114-72-32-25-63-105(114)121)91-49-35-45-88(81-91)83-77-79-84(80-78-83)89-46-36-50-92(82-89)125-115-73-33-26-64-106(115)122(107-65-27-34-74-116(107)125)103-61-23-18-59-101(103)120-109(122)67-38-76-118(120)126(110-68-28-19-53-95(110)87-43-9-3-10-44-87)112-70-30-21-57-99(112)97-55-16-14-52-94(97)86-41-7-2-8-42-86/h1-82H. The lowest BCUT2D eigenvalue weighted by Gasteiger charge is -2.45. The molecule has 126 heavy (non-hydrogen) atoms. The molecule has 0 atom stereocenters. The van der Waals surface area contributed by atoms with Crippen LogP contribution < -0.4 is 19.6 Å². The summed E-state index contributed by atoms with van der Waals surface area (Å²) < 4.78 is 0. The first-order valence-corrected chi connectivity index (χ1v) is 43.6. The van der Waals surface area contributed by atoms with Gasteiger partial charge in [0.05, 0.1) is 62.0 Å². The van der Waals surface area contributed by atoms with E-state index in [0.717, 1.165) is 124 Å². The van der Waals surface area contributed by atoms with Crippen molar-refractivity contribution in [2.24, 2.45) is 0 Å². The van der Waals surface area contributed by atoms with Crippen molar-refractivity contribution >= 4 is 68.2 Å². The molecular formula is C122H82N4. The maximum atomic E-state index is 2.57. The Morgan fingerprint density at radius 1 is 0.151 bits per heavy atom. The van der Waals surface area contributed by atoms with E-state index >= 15 is 0 Å². The number of benzene rings is 20. The average Bonchev–Trinajstić information content (AvgIpc) is 1.51. The number of rotatable bonds is 15. The summed E-state index contributed by atoms with van der Waals surface area (Å²) in [5.41, 5.74) is 42.7. The lowest BCUT2D eigenvalue weighted by atomic mass is 9.64. The SMILES string of the molecule is c1ccc(-c2ccccc2-c2ccccc2N(c2cccc(-c3ccc(-c4cccc(N5c6ccccc6C6(c7ccccc7-c7c(N(c8ccccc8-c8ccccc8)c8ccccc8-c8ccccc8-c8ccccc8)cccc76)c6ccccc65)c4)cc3)c2)c2cccc3c2-c2ccccc2C32c3ccccc3N(c3ccccc3)c3ccccc32)cc1. The molecule has 2 aliphatic carbocycles. The van der Waals surface area contributed by atoms with Gasteiger partial charge >= 0.3 is 0 Å². The van der Waals surface area contributed by atoms with Crippen molar-refractivity contribution in [2.45, 2.75) is 10.8 Å². The van der Waals surface area contributed by atoms with E-state index in [0.29, 0.717) is 0 Å². The van der Waals surface area contributed by atoms with Crippen molar-refractivity contribution in [3.8, 4) is 100 Å². The molecule has 4 aliphatic rings. The first-order chi connectivity index (χ1) is 62.6. The van der Waals surface area contributed by atoms with Gasteiger partial charge in [-0.05, 0) is 208 Å². The summed E-state index contributed by atoms with van der Waals surface area (Å²) in [6.45, 7) is 0. The lowest BCUT2D eigenvalue weighted by molar-refractivity contribution is 0.752. The fourth-order valence-electron chi connectivity index (χ4n) is 21.6. The van der Waals surface area contributed by atoms with Gasteiger partial charge in [-0.25, -0.2) is 0 Å². The van der Waals surface area contributed by atoms with Crippen LogP contribution in [0.25, 0.3) is 100 Å². The molecule has 0 aromatic heterocycles. The summed E-state index contributed by atoms with van der Waals surface area (Å²) in [5.74, 6) is 0. The Labute approximate surface area is 735 Å². The summed E-state index contributed by atoms with van der Waals surface area (Å²) in [7, 11) is 0. The number of anilines is 12. The average molecular weight is 1600 g/mol. The fourth-order valence-corrected chi connectivity index (χ4v) is 21.6. The smallest absolute Gasteiger partial charge is 0.0755 e. The van der Waals surface area contributed by atoms with Crippen LogP contribution in [0.5, 0.6) is 0 Å². The van der Waals surface area contributed by atoms with E-state index < -0.39 is 10.8 Å². The first kappa shape index (κ1) is 73.5. The van der Waals surface area contributed by atoms with E-state index in [-0.39, 0.29) is 0 Å². The van der Waals surface area contributed by atoms with Gasteiger partial charge < -0.3 is 19.6 Å². The molecule has 4 heteroatoms. The van der Waals surface area contributed by atoms with Gasteiger partial charge in [-0.3, -0.25) is 0 Å². The highest BCUT2D eigenvalue weighted by Gasteiger charge is 2.55. The van der Waals surface area contributed by atoms with Crippen LogP contribution in [0.1, 0.15) is 44.5 Å². The van der Waals surface area contributed by atoms with Crippen LogP contribution in [0, 0.1) is 0 Å². The Morgan fingerprint density at radius 2 is 0.429 bits per heavy atom. The second kappa shape index (κ2) is 30.3. The molecular weight excluding hydrogens is 1520 g/mol. The molecule has 4 nitrogen and oxygen atoms in total. The van der Waals surface area contributed by atoms with Gasteiger partial charge in [0.25, 0.3) is 0 Å². The molecule has 0 N–H and O–H groups in total. The van der Waals surface area contributed by atoms with Gasteiger partial charge in [0.15, 0.2) is 0 Å². The van der Waals surface area contributed by atoms with Crippen molar-refractivity contribution in [1.82, 2.24) is 0 Å². The summed E-state index contributed by atoms with van der Waals surface area (Å²) in [5, 5.41) is 0. The predicted octanol–water partition coefficient (Wildman–Crippen LogP) is 32.6. The molecule has 20 aromatic rings. The van der Waals surface area contributed by atoms with Crippen LogP contribution in [0.4, 0.5) is 68.2 Å². The van der Waals surface area contributed by atoms with E-state index in [4.69, 9.17) is 0 Å². The Bertz CT molecular complexity index is 7530. The Balaban J connectivity index is 0.627. The Hall–Kier alpha value is -16.4. The normalized spacial score (nSPS) is 13.0. The first-order valence-electron chi connectivity index (χ1n) is 43.6. The molecule has 0 bridgehead atoms. The molecule has 0 saturated carbocycles. The third kappa shape index (κ3) is 11.5. The molecule has 0 radical (unpaired) electrons. The van der Waals surface area contributed by atoms with Crippen LogP contribution in [-0.4, -0.2) is 0 Å². The van der Waals surface area contributed by atoms with Crippen molar-refractivity contribution in [3.05, 3.63) is 542 Å². The quantitative estimate of drug-likeness (QED) is 0.101. The van der Waals surface area contributed by atoms with Gasteiger partial charge in [0.1, 0.15) is 0 Å². The number of hydrogen-bond acceptors (Lipinski definition) is 4. The zero-order valence-electron chi connectivity index (χ0n) is 69.1. The van der Waals surface area contributed by atoms with Crippen molar-refractivity contribution in [2.75, 3.05) is 19.6 Å². The topological polar surface area (TPSA) is 13.0 Å². The minimum absolute atomic E-state index is 0.671. The largest absolute Gasteiger partial charge is 0.310 e. The Morgan fingerprint density at radius 3 is 0.881 bits per heavy atom. The second-order valence-corrected chi connectivity index (χ2v) is 33.2. The molecule has 590 valence electrons. The van der Waals surface area contributed by atoms with Gasteiger partial charge in [-0.1, -0.05) is 406 Å². The van der Waals surface area contributed by atoms with Gasteiger partial charge in [-0.15, -0.1) is 0 Å². The van der Waals surface area contributed by atoms with Crippen molar-refractivity contribution < 1.29 is 0 Å². The van der Waals surface area contributed by atoms with E-state index in [1.54, 1.807) is 0 Å². The minimum atomic E-state index is -0.731. The maximum Gasteiger partial charge on any atom is 0.0755 e. The van der Waals surface area contributed by atoms with Crippen LogP contribution in [-0.2, 0) is 10.8 Å². The third-order valence-electron chi connectivity index (χ3n) is 26.7. The molecule has 0 fully saturated rings. The minimum Gasteiger partial charge on any atom is -0.310 e. The lowest BCUT2D eigenvalue weighted by Crippen LogP contribution is -2.36. The summed E-state index contributed by atoms with van der Waals surface area (Å²) in [6.07, 6.45) is 0. The molecule has 0 amide bonds. The highest BCUT2D eigenvalue weighted by molar-refractivity contribution is 6.08. The summed E-state index contributed by atoms with van der Waals surface area (Å²) >= 11 is 0. The molecule has 2 spiro atoms. The molecule has 2 heterocycles. The summed E-state index contributed by atoms with van der Waals surface area (Å²) in [4.78, 5) is 10.1. The van der Waals surface area contributed by atoms with E-state index in [1.807, 2.05) is 0 Å². The van der Waals surface area contributed by atoms with Crippen molar-refractivity contribution in [1.29, 1.82) is 0 Å². The van der Waals surface area contributed by atoms with Crippen LogP contribution >= 0.6 is 0 Å². The molecule has 24 rings (SSSR count). The van der Waals surface area contributed by atoms with Crippen LogP contribution in [0.3, 0.4) is 0 Å². The third-order valence-corrected chi connectivity index (χ3v) is 26.7. The number of fused-ring (bicyclic) bond motifs is 18. The van der Waals surface area contributed by atoms with Crippen LogP contribution in [0.15, 0.2) is 497 Å². The molecule has 0 unspecified atom stereocenters. The second-order valence-electron chi connectivity index (χ2n) is 33.2. The highest BCUT2D eigenvalue weighted by atomic mass is 15.2. The molecule has 2 aliphatic heterocycles. The maximum absolute atomic E-state index is 2.57. The summed E-state index contributed by atoms with van der Waals surface area (Å²) in [6, 6.07) is 185. The van der Waals surface area contributed by atoms with Gasteiger partial charge in [0.2, 0.25) is 0 Å². The zero-order valence-corrected chi connectivity index (χ0v) is 69.1.